The first-order valence-electron chi connectivity index (χ1n) is 12.6. The summed E-state index contributed by atoms with van der Waals surface area (Å²) in [6.45, 7) is 42.8. The minimum atomic E-state index is -0.975. The van der Waals surface area contributed by atoms with Crippen LogP contribution in [0.4, 0.5) is 0 Å². The van der Waals surface area contributed by atoms with Crippen LogP contribution in [0.3, 0.4) is 0 Å². The third kappa shape index (κ3) is 69.7. The molecule has 2 radical (unpaired) electrons. The smallest absolute Gasteiger partial charge is 0 e. The molecule has 12 heteroatoms. The van der Waals surface area contributed by atoms with Crippen LogP contribution in [0, 0.1) is 65.0 Å². The second-order valence-electron chi connectivity index (χ2n) is 7.86. The van der Waals surface area contributed by atoms with E-state index in [1.54, 1.807) is 0 Å². The fourth-order valence-electron chi connectivity index (χ4n) is 3.20. The van der Waals surface area contributed by atoms with Crippen molar-refractivity contribution < 1.29 is 80.6 Å². The molecule has 1 unspecified atom stereocenters. The Labute approximate surface area is 290 Å². The van der Waals surface area contributed by atoms with Gasteiger partial charge in [-0.05, 0) is 25.3 Å². The van der Waals surface area contributed by atoms with Gasteiger partial charge >= 0.3 is 90.4 Å². The topological polar surface area (TPSA) is 189 Å². The minimum Gasteiger partial charge on any atom is 0 e. The molecule has 2 atom stereocenters. The van der Waals surface area contributed by atoms with Gasteiger partial charge in [0, 0.05) is 46.4 Å². The molecule has 0 heterocycles. The van der Waals surface area contributed by atoms with Crippen LogP contribution in [-0.2, 0) is 82.1 Å². The van der Waals surface area contributed by atoms with Gasteiger partial charge in [-0.25, -0.2) is 0 Å². The zero-order valence-electron chi connectivity index (χ0n) is 25.7. The molecule has 0 spiro atoms. The number of unbranched alkanes of at least 4 members (excludes halogenated alkanes) is 7. The zero-order chi connectivity index (χ0) is 35.8. The van der Waals surface area contributed by atoms with Gasteiger partial charge < -0.3 is 9.84 Å². The van der Waals surface area contributed by atoms with Crippen molar-refractivity contribution in [2.45, 2.75) is 110 Å². The maximum Gasteiger partial charge on any atom is 0 e. The summed E-state index contributed by atoms with van der Waals surface area (Å²) in [5.41, 5.74) is 0.205. The first kappa shape index (κ1) is 69.4. The fraction of sp³-hybridized carbons (Fsp3) is 0.515. The number of hydrogen-bond donors (Lipinski definition) is 1. The van der Waals surface area contributed by atoms with Gasteiger partial charge in [-0.3, -0.25) is 0 Å². The van der Waals surface area contributed by atoms with Gasteiger partial charge in [0.1, 0.15) is 5.60 Å². The molecule has 45 heavy (non-hydrogen) atoms. The molecule has 1 rings (SSSR count). The molecule has 0 aromatic heterocycles. The van der Waals surface area contributed by atoms with Gasteiger partial charge in [-0.1, -0.05) is 95.0 Å². The van der Waals surface area contributed by atoms with E-state index in [2.05, 4.69) is 91.0 Å². The minimum absolute atomic E-state index is 0. The normalized spacial score (nSPS) is 8.89. The van der Waals surface area contributed by atoms with Crippen molar-refractivity contribution in [2.75, 3.05) is 0 Å². The van der Waals surface area contributed by atoms with Gasteiger partial charge in [0.15, 0.2) is 0 Å². The molecule has 0 aliphatic heterocycles. The Morgan fingerprint density at radius 2 is 1.07 bits per heavy atom. The van der Waals surface area contributed by atoms with Crippen molar-refractivity contribution in [3.05, 3.63) is 89.1 Å². The molecule has 0 fully saturated rings. The van der Waals surface area contributed by atoms with Gasteiger partial charge in [-0.2, -0.15) is 0 Å². The SMILES string of the molecule is CCCCC#CC(C)(O)C[C@H](CCCCCCCC)OCc1ccccc1.[C-]#[O+].[C-]#[O+].[C-]#[O+].[C-]#[O+].[C-]#[O+].[C-]#[O+].[C-]#[O+].[C-]#[O+].[Co].[Co]. The van der Waals surface area contributed by atoms with Crippen LogP contribution in [0.2, 0.25) is 0 Å². The first-order valence-corrected chi connectivity index (χ1v) is 12.6. The van der Waals surface area contributed by atoms with Crippen LogP contribution in [0.15, 0.2) is 30.3 Å². The predicted molar refractivity (Wildman–Crippen MR) is 147 cm³/mol. The van der Waals surface area contributed by atoms with Crippen LogP contribution >= 0.6 is 0 Å². The Kier molecular flexibility index (Phi) is 121. The molecular weight excluding hydrogens is 674 g/mol. The van der Waals surface area contributed by atoms with Gasteiger partial charge in [0.25, 0.3) is 0 Å². The standard InChI is InChI=1S/C25H40O2.8CO.2Co/c1-4-6-8-10-11-15-19-24(27-22-23-17-13-12-14-18-23)21-25(3,26)20-16-9-7-5-2;8*1-2;;/h12-14,17-18,24,26H,4-11,15,19,21-22H2,1-3H3;;;;;;;;;;/t24-,25?;;;;;;;;;;/m0........../s1. The van der Waals surface area contributed by atoms with Crippen molar-refractivity contribution in [1.82, 2.24) is 0 Å². The monoisotopic (exact) mass is 714 g/mol. The van der Waals surface area contributed by atoms with E-state index in [1.807, 2.05) is 25.1 Å². The van der Waals surface area contributed by atoms with Gasteiger partial charge in [0.05, 0.1) is 12.7 Å². The average Bonchev–Trinajstić information content (AvgIpc) is 3.11. The molecule has 0 aliphatic carbocycles. The Morgan fingerprint density at radius 1 is 0.667 bits per heavy atom. The van der Waals surface area contributed by atoms with Crippen molar-refractivity contribution in [3.63, 3.8) is 0 Å². The van der Waals surface area contributed by atoms with E-state index in [1.165, 1.54) is 37.7 Å². The Hall–Kier alpha value is -2.37. The van der Waals surface area contributed by atoms with E-state index >= 15 is 0 Å². The molecule has 250 valence electrons. The molecular formula is C33H40Co2O10. The summed E-state index contributed by atoms with van der Waals surface area (Å²) in [5.74, 6) is 6.21. The number of benzene rings is 1. The van der Waals surface area contributed by atoms with Crippen LogP contribution in [0.5, 0.6) is 0 Å². The summed E-state index contributed by atoms with van der Waals surface area (Å²) in [7, 11) is 0. The molecule has 10 nitrogen and oxygen atoms in total. The van der Waals surface area contributed by atoms with Crippen molar-refractivity contribution in [3.8, 4) is 11.8 Å². The Bertz CT molecular complexity index is 804. The molecule has 1 aromatic carbocycles. The van der Waals surface area contributed by atoms with Crippen LogP contribution in [-0.4, -0.2) is 16.8 Å². The first-order chi connectivity index (χ1) is 21.1. The van der Waals surface area contributed by atoms with E-state index in [0.717, 1.165) is 32.1 Å². The number of rotatable bonds is 14. The summed E-state index contributed by atoms with van der Waals surface area (Å²) in [6.07, 6.45) is 12.3. The molecule has 1 N–H and O–H groups in total. The maximum atomic E-state index is 10.7. The van der Waals surface area contributed by atoms with Gasteiger partial charge in [-0.15, -0.1) is 5.92 Å². The quantitative estimate of drug-likeness (QED) is 0.102. The largest absolute Gasteiger partial charge is 0 e. The van der Waals surface area contributed by atoms with Crippen molar-refractivity contribution >= 4 is 0 Å². The second-order valence-corrected chi connectivity index (χ2v) is 7.86. The number of hydrogen-bond acceptors (Lipinski definition) is 2. The fourth-order valence-corrected chi connectivity index (χ4v) is 3.20. The molecule has 0 amide bonds. The second kappa shape index (κ2) is 78.3. The zero-order valence-corrected chi connectivity index (χ0v) is 27.8. The predicted octanol–water partition coefficient (Wildman–Crippen LogP) is 6.35. The summed E-state index contributed by atoms with van der Waals surface area (Å²) < 4.78 is 66.2. The van der Waals surface area contributed by atoms with Crippen molar-refractivity contribution in [1.29, 1.82) is 0 Å². The van der Waals surface area contributed by atoms with Crippen LogP contribution in [0.1, 0.15) is 97.0 Å². The summed E-state index contributed by atoms with van der Waals surface area (Å²) in [4.78, 5) is 0. The molecule has 0 bridgehead atoms. The van der Waals surface area contributed by atoms with E-state index in [-0.39, 0.29) is 39.7 Å². The summed E-state index contributed by atoms with van der Waals surface area (Å²) >= 11 is 0. The van der Waals surface area contributed by atoms with Crippen molar-refractivity contribution in [2.24, 2.45) is 0 Å². The molecule has 0 aliphatic rings. The van der Waals surface area contributed by atoms with E-state index in [9.17, 15) is 5.11 Å². The van der Waals surface area contributed by atoms with Crippen LogP contribution < -0.4 is 0 Å². The Morgan fingerprint density at radius 3 is 1.49 bits per heavy atom. The molecule has 0 saturated carbocycles. The van der Waals surface area contributed by atoms with Gasteiger partial charge in [0.2, 0.25) is 0 Å². The number of ether oxygens (including phenoxy) is 1. The molecule has 1 aromatic rings. The van der Waals surface area contributed by atoms with E-state index in [0.29, 0.717) is 13.0 Å². The third-order valence-corrected chi connectivity index (χ3v) is 4.85. The van der Waals surface area contributed by atoms with E-state index in [4.69, 9.17) is 42.0 Å². The van der Waals surface area contributed by atoms with Crippen LogP contribution in [0.25, 0.3) is 0 Å². The molecule has 0 saturated heterocycles. The third-order valence-electron chi connectivity index (χ3n) is 4.85. The van der Waals surface area contributed by atoms with E-state index < -0.39 is 5.60 Å². The summed E-state index contributed by atoms with van der Waals surface area (Å²) in [5, 5.41) is 10.7. The maximum absolute atomic E-state index is 10.7. The summed E-state index contributed by atoms with van der Waals surface area (Å²) in [6, 6.07) is 10.3. The average molecular weight is 715 g/mol. The Balaban J connectivity index is -0.0000000738. The number of aliphatic hydroxyl groups is 1.